The lowest BCUT2D eigenvalue weighted by Gasteiger charge is -2.03. The molecule has 0 aromatic heterocycles. The van der Waals surface area contributed by atoms with E-state index in [-0.39, 0.29) is 18.8 Å². The Hall–Kier alpha value is -1.35. The molecule has 0 radical (unpaired) electrons. The number of hydrogen-bond donors (Lipinski definition) is 2. The van der Waals surface area contributed by atoms with E-state index in [0.29, 0.717) is 11.1 Å². The highest BCUT2D eigenvalue weighted by molar-refractivity contribution is 5.57. The van der Waals surface area contributed by atoms with Crippen LogP contribution in [0.3, 0.4) is 0 Å². The fourth-order valence-corrected chi connectivity index (χ4v) is 1.05. The fraction of sp³-hybridized carbons (Fsp3) is 0.222. The first-order valence-corrected chi connectivity index (χ1v) is 3.63. The SMILES string of the molecule is O=CCc1cc(O)ccc1CO. The van der Waals surface area contributed by atoms with Gasteiger partial charge in [0.15, 0.2) is 0 Å². The Bertz CT molecular complexity index is 281. The highest BCUT2D eigenvalue weighted by Crippen LogP contribution is 2.16. The van der Waals surface area contributed by atoms with Crippen LogP contribution >= 0.6 is 0 Å². The Balaban J connectivity index is 3.03. The number of aromatic hydroxyl groups is 1. The Morgan fingerprint density at radius 3 is 2.67 bits per heavy atom. The summed E-state index contributed by atoms with van der Waals surface area (Å²) in [4.78, 5) is 10.2. The lowest BCUT2D eigenvalue weighted by molar-refractivity contribution is -0.107. The van der Waals surface area contributed by atoms with Crippen LogP contribution in [0.15, 0.2) is 18.2 Å². The monoisotopic (exact) mass is 166 g/mol. The molecule has 64 valence electrons. The van der Waals surface area contributed by atoms with Gasteiger partial charge in [-0.15, -0.1) is 0 Å². The molecule has 0 saturated carbocycles. The topological polar surface area (TPSA) is 57.5 Å². The van der Waals surface area contributed by atoms with Crippen LogP contribution in [0.5, 0.6) is 5.75 Å². The largest absolute Gasteiger partial charge is 0.508 e. The minimum Gasteiger partial charge on any atom is -0.508 e. The van der Waals surface area contributed by atoms with Gasteiger partial charge in [0.1, 0.15) is 12.0 Å². The zero-order valence-electron chi connectivity index (χ0n) is 6.53. The molecule has 1 aromatic carbocycles. The summed E-state index contributed by atoms with van der Waals surface area (Å²) in [7, 11) is 0. The lowest BCUT2D eigenvalue weighted by atomic mass is 10.1. The fourth-order valence-electron chi connectivity index (χ4n) is 1.05. The zero-order valence-corrected chi connectivity index (χ0v) is 6.53. The van der Waals surface area contributed by atoms with E-state index in [9.17, 15) is 4.79 Å². The number of phenols is 1. The molecular weight excluding hydrogens is 156 g/mol. The molecule has 1 rings (SSSR count). The third-order valence-corrected chi connectivity index (χ3v) is 1.66. The number of phenolic OH excluding ortho intramolecular Hbond substituents is 1. The van der Waals surface area contributed by atoms with Gasteiger partial charge in [-0.2, -0.15) is 0 Å². The van der Waals surface area contributed by atoms with Crippen molar-refractivity contribution >= 4 is 6.29 Å². The highest BCUT2D eigenvalue weighted by Gasteiger charge is 2.01. The van der Waals surface area contributed by atoms with Gasteiger partial charge in [-0.25, -0.2) is 0 Å². The molecule has 0 amide bonds. The molecule has 0 bridgehead atoms. The van der Waals surface area contributed by atoms with Gasteiger partial charge in [0, 0.05) is 6.42 Å². The summed E-state index contributed by atoms with van der Waals surface area (Å²) in [5.41, 5.74) is 1.35. The van der Waals surface area contributed by atoms with E-state index < -0.39 is 0 Å². The van der Waals surface area contributed by atoms with Crippen molar-refractivity contribution in [2.45, 2.75) is 13.0 Å². The molecule has 2 N–H and O–H groups in total. The first-order chi connectivity index (χ1) is 5.77. The molecule has 12 heavy (non-hydrogen) atoms. The van der Waals surface area contributed by atoms with Crippen molar-refractivity contribution in [2.75, 3.05) is 0 Å². The van der Waals surface area contributed by atoms with Crippen LogP contribution < -0.4 is 0 Å². The van der Waals surface area contributed by atoms with E-state index in [4.69, 9.17) is 10.2 Å². The van der Waals surface area contributed by atoms with Crippen LogP contribution in [0.4, 0.5) is 0 Å². The van der Waals surface area contributed by atoms with Crippen LogP contribution in [-0.2, 0) is 17.8 Å². The van der Waals surface area contributed by atoms with E-state index in [1.54, 1.807) is 6.07 Å². The van der Waals surface area contributed by atoms with Crippen LogP contribution in [-0.4, -0.2) is 16.5 Å². The number of carbonyl (C=O) groups excluding carboxylic acids is 1. The molecule has 0 fully saturated rings. The zero-order chi connectivity index (χ0) is 8.97. The van der Waals surface area contributed by atoms with Crippen LogP contribution in [0, 0.1) is 0 Å². The number of aldehydes is 1. The Kier molecular flexibility index (Phi) is 2.82. The maximum atomic E-state index is 10.2. The summed E-state index contributed by atoms with van der Waals surface area (Å²) in [5, 5.41) is 17.9. The average Bonchev–Trinajstić information content (AvgIpc) is 2.05. The number of carbonyl (C=O) groups is 1. The van der Waals surface area contributed by atoms with Crippen LogP contribution in [0.25, 0.3) is 0 Å². The maximum Gasteiger partial charge on any atom is 0.124 e. The smallest absolute Gasteiger partial charge is 0.124 e. The van der Waals surface area contributed by atoms with Crippen molar-refractivity contribution in [1.29, 1.82) is 0 Å². The van der Waals surface area contributed by atoms with Crippen LogP contribution in [0.2, 0.25) is 0 Å². The average molecular weight is 166 g/mol. The van der Waals surface area contributed by atoms with Crippen molar-refractivity contribution in [3.8, 4) is 5.75 Å². The Morgan fingerprint density at radius 2 is 2.08 bits per heavy atom. The summed E-state index contributed by atoms with van der Waals surface area (Å²) in [6.45, 7) is -0.108. The summed E-state index contributed by atoms with van der Waals surface area (Å²) in [6.07, 6.45) is 0.970. The minimum atomic E-state index is -0.108. The van der Waals surface area contributed by atoms with Crippen molar-refractivity contribution in [3.63, 3.8) is 0 Å². The molecule has 0 aliphatic rings. The molecule has 0 unspecified atom stereocenters. The van der Waals surface area contributed by atoms with E-state index in [1.807, 2.05) is 0 Å². The van der Waals surface area contributed by atoms with Gasteiger partial charge in [0.05, 0.1) is 6.61 Å². The molecule has 0 aliphatic heterocycles. The molecule has 0 aliphatic carbocycles. The number of aliphatic hydroxyl groups is 1. The summed E-state index contributed by atoms with van der Waals surface area (Å²) in [6, 6.07) is 4.58. The molecule has 0 saturated heterocycles. The number of rotatable bonds is 3. The van der Waals surface area contributed by atoms with Crippen molar-refractivity contribution in [1.82, 2.24) is 0 Å². The predicted octanol–water partition coefficient (Wildman–Crippen LogP) is 0.626. The predicted molar refractivity (Wildman–Crippen MR) is 43.8 cm³/mol. The van der Waals surface area contributed by atoms with Gasteiger partial charge in [-0.3, -0.25) is 0 Å². The van der Waals surface area contributed by atoms with Gasteiger partial charge in [0.2, 0.25) is 0 Å². The normalized spacial score (nSPS) is 9.75. The highest BCUT2D eigenvalue weighted by atomic mass is 16.3. The molecule has 0 spiro atoms. The van der Waals surface area contributed by atoms with Gasteiger partial charge in [0.25, 0.3) is 0 Å². The Labute approximate surface area is 70.3 Å². The maximum absolute atomic E-state index is 10.2. The molecule has 1 aromatic rings. The third kappa shape index (κ3) is 1.83. The second-order valence-corrected chi connectivity index (χ2v) is 2.48. The first kappa shape index (κ1) is 8.74. The molecule has 3 nitrogen and oxygen atoms in total. The first-order valence-electron chi connectivity index (χ1n) is 3.63. The van der Waals surface area contributed by atoms with Gasteiger partial charge in [-0.05, 0) is 23.3 Å². The van der Waals surface area contributed by atoms with Crippen molar-refractivity contribution in [2.24, 2.45) is 0 Å². The number of benzene rings is 1. The summed E-state index contributed by atoms with van der Waals surface area (Å²) >= 11 is 0. The third-order valence-electron chi connectivity index (χ3n) is 1.66. The van der Waals surface area contributed by atoms with Crippen LogP contribution in [0.1, 0.15) is 11.1 Å². The summed E-state index contributed by atoms with van der Waals surface area (Å²) < 4.78 is 0. The minimum absolute atomic E-state index is 0.108. The number of aliphatic hydroxyl groups excluding tert-OH is 1. The standard InChI is InChI=1S/C9H10O3/c10-4-3-7-5-9(12)2-1-8(7)6-11/h1-2,4-5,11-12H,3,6H2. The summed E-state index contributed by atoms with van der Waals surface area (Å²) in [5.74, 6) is 0.115. The van der Waals surface area contributed by atoms with E-state index in [1.165, 1.54) is 12.1 Å². The Morgan fingerprint density at radius 1 is 1.33 bits per heavy atom. The van der Waals surface area contributed by atoms with Gasteiger partial charge >= 0.3 is 0 Å². The van der Waals surface area contributed by atoms with Crippen molar-refractivity contribution in [3.05, 3.63) is 29.3 Å². The van der Waals surface area contributed by atoms with Gasteiger partial charge in [-0.1, -0.05) is 6.07 Å². The molecule has 0 atom stereocenters. The molecule has 3 heteroatoms. The van der Waals surface area contributed by atoms with Crippen molar-refractivity contribution < 1.29 is 15.0 Å². The lowest BCUT2D eigenvalue weighted by Crippen LogP contribution is -1.94. The molecular formula is C9H10O3. The quantitative estimate of drug-likeness (QED) is 0.647. The second-order valence-electron chi connectivity index (χ2n) is 2.48. The number of hydrogen-bond acceptors (Lipinski definition) is 3. The van der Waals surface area contributed by atoms with E-state index in [2.05, 4.69) is 0 Å². The second kappa shape index (κ2) is 3.88. The van der Waals surface area contributed by atoms with E-state index >= 15 is 0 Å². The van der Waals surface area contributed by atoms with E-state index in [0.717, 1.165) is 6.29 Å². The van der Waals surface area contributed by atoms with Gasteiger partial charge < -0.3 is 15.0 Å². The molecule has 0 heterocycles.